The van der Waals surface area contributed by atoms with Crippen LogP contribution in [0.3, 0.4) is 0 Å². The first kappa shape index (κ1) is 11.9. The minimum atomic E-state index is -4.27. The Bertz CT molecular complexity index is 540. The Labute approximate surface area is 87.3 Å². The number of anilines is 1. The van der Waals surface area contributed by atoms with Crippen LogP contribution in [0.4, 0.5) is 14.5 Å². The van der Waals surface area contributed by atoms with E-state index in [9.17, 15) is 22.0 Å². The molecular formula is C6H5ClF2N2O3S. The van der Waals surface area contributed by atoms with Crippen LogP contribution in [0.25, 0.3) is 0 Å². The minimum absolute atomic E-state index is 0.531. The Morgan fingerprint density at radius 2 is 2.00 bits per heavy atom. The summed E-state index contributed by atoms with van der Waals surface area (Å²) in [5.41, 5.74) is 2.32. The van der Waals surface area contributed by atoms with Crippen LogP contribution in [0, 0.1) is 0 Å². The van der Waals surface area contributed by atoms with E-state index < -0.39 is 37.3 Å². The number of pyridine rings is 1. The van der Waals surface area contributed by atoms with E-state index in [1.54, 1.807) is 4.98 Å². The van der Waals surface area contributed by atoms with E-state index in [0.29, 0.717) is 6.07 Å². The van der Waals surface area contributed by atoms with Gasteiger partial charge in [-0.2, -0.15) is 0 Å². The largest absolute Gasteiger partial charge is 0.394 e. The second kappa shape index (κ2) is 3.78. The van der Waals surface area contributed by atoms with E-state index in [0.717, 1.165) is 0 Å². The molecule has 0 atom stereocenters. The van der Waals surface area contributed by atoms with Gasteiger partial charge < -0.3 is 10.7 Å². The molecule has 0 bridgehead atoms. The molecule has 1 aromatic rings. The van der Waals surface area contributed by atoms with E-state index >= 15 is 0 Å². The average molecular weight is 259 g/mol. The zero-order valence-electron chi connectivity index (χ0n) is 7.00. The van der Waals surface area contributed by atoms with E-state index in [4.69, 9.17) is 16.4 Å². The lowest BCUT2D eigenvalue weighted by atomic mass is 10.2. The molecule has 0 fully saturated rings. The maximum Gasteiger partial charge on any atom is 0.276 e. The highest BCUT2D eigenvalue weighted by molar-refractivity contribution is 8.13. The van der Waals surface area contributed by atoms with Gasteiger partial charge in [0.05, 0.1) is 0 Å². The fourth-order valence-electron chi connectivity index (χ4n) is 0.877. The fraction of sp³-hybridized carbons (Fsp3) is 0.167. The quantitative estimate of drug-likeness (QED) is 0.768. The topological polar surface area (TPSA) is 93.0 Å². The third kappa shape index (κ3) is 2.45. The number of H-pyrrole nitrogens is 1. The summed E-state index contributed by atoms with van der Waals surface area (Å²) in [6, 6.07) is 0.531. The van der Waals surface area contributed by atoms with Crippen LogP contribution >= 0.6 is 10.7 Å². The van der Waals surface area contributed by atoms with Gasteiger partial charge in [-0.15, -0.1) is 0 Å². The van der Waals surface area contributed by atoms with Gasteiger partial charge >= 0.3 is 0 Å². The van der Waals surface area contributed by atoms with Crippen molar-refractivity contribution in [2.45, 2.75) is 11.5 Å². The van der Waals surface area contributed by atoms with Crippen molar-refractivity contribution in [1.82, 2.24) is 4.98 Å². The predicted octanol–water partition coefficient (Wildman–Crippen LogP) is 0.822. The third-order valence-electron chi connectivity index (χ3n) is 1.58. The van der Waals surface area contributed by atoms with Gasteiger partial charge in [-0.25, -0.2) is 17.2 Å². The molecule has 3 N–H and O–H groups in total. The molecule has 0 saturated heterocycles. The minimum Gasteiger partial charge on any atom is -0.394 e. The Morgan fingerprint density at radius 1 is 1.47 bits per heavy atom. The molecule has 1 heterocycles. The first-order chi connectivity index (χ1) is 6.73. The highest BCUT2D eigenvalue weighted by Gasteiger charge is 2.20. The van der Waals surface area contributed by atoms with Crippen molar-refractivity contribution in [3.63, 3.8) is 0 Å². The monoisotopic (exact) mass is 258 g/mol. The molecule has 0 radical (unpaired) electrons. The maximum absolute atomic E-state index is 12.3. The third-order valence-corrected chi connectivity index (χ3v) is 2.82. The van der Waals surface area contributed by atoms with Crippen LogP contribution in [0.1, 0.15) is 12.0 Å². The van der Waals surface area contributed by atoms with Gasteiger partial charge in [0.2, 0.25) is 0 Å². The number of aromatic amines is 1. The zero-order chi connectivity index (χ0) is 11.8. The molecule has 15 heavy (non-hydrogen) atoms. The van der Waals surface area contributed by atoms with Crippen LogP contribution < -0.4 is 11.3 Å². The van der Waals surface area contributed by atoms with Crippen LogP contribution in [0.2, 0.25) is 0 Å². The lowest BCUT2D eigenvalue weighted by Gasteiger charge is -2.04. The molecular weight excluding hydrogens is 254 g/mol. The Morgan fingerprint density at radius 3 is 2.40 bits per heavy atom. The number of alkyl halides is 2. The van der Waals surface area contributed by atoms with Gasteiger partial charge in [0.25, 0.3) is 21.0 Å². The number of nitrogens with one attached hydrogen (secondary N) is 1. The van der Waals surface area contributed by atoms with Crippen molar-refractivity contribution in [2.75, 3.05) is 5.73 Å². The summed E-state index contributed by atoms with van der Waals surface area (Å²) in [5.74, 6) is 0. The molecule has 1 aromatic heterocycles. The van der Waals surface area contributed by atoms with Crippen molar-refractivity contribution in [1.29, 1.82) is 0 Å². The van der Waals surface area contributed by atoms with Gasteiger partial charge in [-0.1, -0.05) is 0 Å². The van der Waals surface area contributed by atoms with Gasteiger partial charge in [-0.05, 0) is 6.07 Å². The molecule has 0 aliphatic heterocycles. The normalized spacial score (nSPS) is 12.0. The standard InChI is InChI=1S/C6H5ClF2N2O3S/c7-15(13,14)3-1-2(5(8)9)4(10)6(12)11-3/h1,5H,10H2,(H,11,12). The number of rotatable bonds is 2. The van der Waals surface area contributed by atoms with E-state index in [-0.39, 0.29) is 0 Å². The zero-order valence-corrected chi connectivity index (χ0v) is 8.57. The fourth-order valence-corrected chi connectivity index (χ4v) is 1.61. The lowest BCUT2D eigenvalue weighted by molar-refractivity contribution is 0.151. The summed E-state index contributed by atoms with van der Waals surface area (Å²) < 4.78 is 46.2. The number of hydrogen-bond donors (Lipinski definition) is 2. The van der Waals surface area contributed by atoms with Crippen LogP contribution in [-0.4, -0.2) is 13.4 Å². The number of nitrogen functional groups attached to an aromatic ring is 1. The predicted molar refractivity (Wildman–Crippen MR) is 49.5 cm³/mol. The summed E-state index contributed by atoms with van der Waals surface area (Å²) in [7, 11) is 0.606. The van der Waals surface area contributed by atoms with Crippen molar-refractivity contribution in [3.8, 4) is 0 Å². The number of halogens is 3. The molecule has 0 spiro atoms. The second-order valence-electron chi connectivity index (χ2n) is 2.57. The summed E-state index contributed by atoms with van der Waals surface area (Å²) in [6.45, 7) is 0. The van der Waals surface area contributed by atoms with Crippen LogP contribution in [-0.2, 0) is 9.05 Å². The molecule has 0 aliphatic carbocycles. The van der Waals surface area contributed by atoms with Crippen molar-refractivity contribution in [2.24, 2.45) is 0 Å². The van der Waals surface area contributed by atoms with Gasteiger partial charge in [0, 0.05) is 16.2 Å². The lowest BCUT2D eigenvalue weighted by Crippen LogP contribution is -2.17. The first-order valence-electron chi connectivity index (χ1n) is 3.49. The Balaban J connectivity index is 3.58. The van der Waals surface area contributed by atoms with Gasteiger partial charge in [0.15, 0.2) is 5.03 Å². The Hall–Kier alpha value is -1.15. The second-order valence-corrected chi connectivity index (χ2v) is 5.10. The summed E-state index contributed by atoms with van der Waals surface area (Å²) in [4.78, 5) is 12.8. The highest BCUT2D eigenvalue weighted by atomic mass is 35.7. The molecule has 0 unspecified atom stereocenters. The molecule has 0 aromatic carbocycles. The van der Waals surface area contributed by atoms with Crippen LogP contribution in [0.15, 0.2) is 15.9 Å². The van der Waals surface area contributed by atoms with Crippen molar-refractivity contribution < 1.29 is 17.2 Å². The number of nitrogens with two attached hydrogens (primary N) is 1. The molecule has 1 rings (SSSR count). The summed E-state index contributed by atoms with van der Waals surface area (Å²) in [6.07, 6.45) is -3.05. The average Bonchev–Trinajstić information content (AvgIpc) is 2.06. The SMILES string of the molecule is Nc1c(C(F)F)cc(S(=O)(=O)Cl)[nH]c1=O. The molecule has 0 aliphatic rings. The van der Waals surface area contributed by atoms with Crippen molar-refractivity contribution >= 4 is 25.4 Å². The molecule has 5 nitrogen and oxygen atoms in total. The first-order valence-corrected chi connectivity index (χ1v) is 5.80. The van der Waals surface area contributed by atoms with Crippen molar-refractivity contribution in [3.05, 3.63) is 22.0 Å². The highest BCUT2D eigenvalue weighted by Crippen LogP contribution is 2.24. The molecule has 0 saturated carbocycles. The van der Waals surface area contributed by atoms with E-state index in [2.05, 4.69) is 0 Å². The number of hydrogen-bond acceptors (Lipinski definition) is 4. The van der Waals surface area contributed by atoms with E-state index in [1.165, 1.54) is 0 Å². The smallest absolute Gasteiger partial charge is 0.276 e. The summed E-state index contributed by atoms with van der Waals surface area (Å²) >= 11 is 0. The van der Waals surface area contributed by atoms with Crippen LogP contribution in [0.5, 0.6) is 0 Å². The molecule has 9 heteroatoms. The van der Waals surface area contributed by atoms with E-state index in [1.807, 2.05) is 0 Å². The number of aromatic nitrogens is 1. The maximum atomic E-state index is 12.3. The molecule has 0 amide bonds. The Kier molecular flexibility index (Phi) is 3.00. The summed E-state index contributed by atoms with van der Waals surface area (Å²) in [5, 5.41) is -0.807. The van der Waals surface area contributed by atoms with Gasteiger partial charge in [0.1, 0.15) is 5.69 Å². The molecule has 84 valence electrons. The van der Waals surface area contributed by atoms with Gasteiger partial charge in [-0.3, -0.25) is 4.79 Å².